The van der Waals surface area contributed by atoms with Crippen LogP contribution >= 0.6 is 0 Å². The smallest absolute Gasteiger partial charge is 0.335 e. The van der Waals surface area contributed by atoms with Gasteiger partial charge in [0.15, 0.2) is 0 Å². The molecule has 53 heavy (non-hydrogen) atoms. The molecule has 7 aliphatic rings. The first kappa shape index (κ1) is 39.5. The molecule has 6 aliphatic carbocycles. The first-order valence-corrected chi connectivity index (χ1v) is 23.1. The molecule has 7 unspecified atom stereocenters. The van der Waals surface area contributed by atoms with E-state index >= 15 is 0 Å². The first-order valence-electron chi connectivity index (χ1n) is 21.7. The normalized spacial score (nSPS) is 39.4. The second-order valence-corrected chi connectivity index (χ2v) is 21.8. The zero-order valence-electron chi connectivity index (χ0n) is 34.3. The van der Waals surface area contributed by atoms with Crippen LogP contribution in [-0.4, -0.2) is 75.4 Å². The number of rotatable bonds is 9. The fourth-order valence-corrected chi connectivity index (χ4v) is 15.6. The van der Waals surface area contributed by atoms with E-state index in [-0.39, 0.29) is 5.41 Å². The van der Waals surface area contributed by atoms with E-state index < -0.39 is 16.8 Å². The van der Waals surface area contributed by atoms with Crippen LogP contribution in [0.5, 0.6) is 0 Å². The Morgan fingerprint density at radius 3 is 2.26 bits per heavy atom. The Morgan fingerprint density at radius 2 is 1.60 bits per heavy atom. The summed E-state index contributed by atoms with van der Waals surface area (Å²) in [6.07, 6.45) is 22.3. The molecule has 5 saturated carbocycles. The van der Waals surface area contributed by atoms with Crippen LogP contribution in [0.2, 0.25) is 0 Å². The molecule has 0 aromatic heterocycles. The molecular weight excluding hydrogens is 673 g/mol. The Kier molecular flexibility index (Phi) is 11.1. The zero-order valence-corrected chi connectivity index (χ0v) is 35.1. The van der Waals surface area contributed by atoms with Crippen molar-refractivity contribution in [1.29, 1.82) is 0 Å². The number of carbonyl (C=O) groups is 1. The number of hydrogen-bond acceptors (Lipinski definition) is 4. The van der Waals surface area contributed by atoms with Gasteiger partial charge in [0.2, 0.25) is 0 Å². The Balaban J connectivity index is 0.00000140. The van der Waals surface area contributed by atoms with Gasteiger partial charge >= 0.3 is 5.97 Å². The van der Waals surface area contributed by atoms with Gasteiger partial charge in [-0.2, -0.15) is 0 Å². The van der Waals surface area contributed by atoms with Crippen LogP contribution in [0.25, 0.3) is 5.57 Å². The fourth-order valence-electron chi connectivity index (χ4n) is 14.5. The van der Waals surface area contributed by atoms with Crippen molar-refractivity contribution in [3.63, 3.8) is 0 Å². The predicted molar refractivity (Wildman–Crippen MR) is 221 cm³/mol. The molecule has 1 aliphatic heterocycles. The highest BCUT2D eigenvalue weighted by Gasteiger charge is 2.69. The summed E-state index contributed by atoms with van der Waals surface area (Å²) in [6, 6.07) is 8.52. The van der Waals surface area contributed by atoms with E-state index in [2.05, 4.69) is 69.2 Å². The molecular formula is C47H72N2O3S. The molecule has 1 aromatic rings. The van der Waals surface area contributed by atoms with Crippen molar-refractivity contribution in [2.24, 2.45) is 50.7 Å². The highest BCUT2D eigenvalue weighted by Crippen LogP contribution is 2.77. The van der Waals surface area contributed by atoms with Gasteiger partial charge in [-0.1, -0.05) is 65.3 Å². The Morgan fingerprint density at radius 1 is 0.906 bits per heavy atom. The number of carboxylic acid groups (broad SMARTS) is 1. The number of benzene rings is 1. The molecule has 1 saturated heterocycles. The number of allylic oxidation sites excluding steroid dienone is 3. The van der Waals surface area contributed by atoms with E-state index in [1.54, 1.807) is 18.2 Å². The minimum Gasteiger partial charge on any atom is -0.478 e. The van der Waals surface area contributed by atoms with Crippen LogP contribution in [-0.2, 0) is 10.8 Å². The van der Waals surface area contributed by atoms with Gasteiger partial charge < -0.3 is 10.0 Å². The van der Waals surface area contributed by atoms with E-state index in [0.717, 1.165) is 54.8 Å². The van der Waals surface area contributed by atoms with Crippen LogP contribution < -0.4 is 0 Å². The summed E-state index contributed by atoms with van der Waals surface area (Å²) < 4.78 is 11.9. The lowest BCUT2D eigenvalue weighted by atomic mass is 9.32. The maximum Gasteiger partial charge on any atom is 0.335 e. The third kappa shape index (κ3) is 6.89. The van der Waals surface area contributed by atoms with E-state index in [0.29, 0.717) is 33.1 Å². The van der Waals surface area contributed by atoms with Gasteiger partial charge in [0.1, 0.15) is 0 Å². The van der Waals surface area contributed by atoms with Gasteiger partial charge in [-0.25, -0.2) is 4.79 Å². The minimum absolute atomic E-state index is 0.0586. The number of fused-ring (bicyclic) bond motifs is 7. The molecule has 6 heteroatoms. The molecule has 0 radical (unpaired) electrons. The SMILES string of the molecule is C=CC.CC1(C)C(c2ccc(C(=O)O)cc2)=CCC2(C)C1CCC1(C)C2CCC2C3CCCC3(CN(CCCN3CCS(=O)CC3)C3CC3)CC[C@]21C. The van der Waals surface area contributed by atoms with Gasteiger partial charge in [-0.3, -0.25) is 9.11 Å². The molecule has 8 atom stereocenters. The third-order valence-electron chi connectivity index (χ3n) is 17.3. The number of nitrogens with zero attached hydrogens (tertiary/aromatic N) is 2. The number of carboxylic acids is 1. The van der Waals surface area contributed by atoms with Crippen LogP contribution in [0, 0.1) is 50.7 Å². The Labute approximate surface area is 325 Å². The topological polar surface area (TPSA) is 60.9 Å². The molecule has 5 nitrogen and oxygen atoms in total. The monoisotopic (exact) mass is 745 g/mol. The molecule has 294 valence electrons. The van der Waals surface area contributed by atoms with Gasteiger partial charge in [0.25, 0.3) is 0 Å². The van der Waals surface area contributed by atoms with E-state index in [4.69, 9.17) is 0 Å². The van der Waals surface area contributed by atoms with Crippen molar-refractivity contribution in [3.8, 4) is 0 Å². The molecule has 8 rings (SSSR count). The second-order valence-electron chi connectivity index (χ2n) is 20.1. The highest BCUT2D eigenvalue weighted by atomic mass is 32.2. The van der Waals surface area contributed by atoms with Crippen molar-refractivity contribution in [2.45, 2.75) is 131 Å². The van der Waals surface area contributed by atoms with E-state index in [1.165, 1.54) is 108 Å². The summed E-state index contributed by atoms with van der Waals surface area (Å²) in [5.41, 5.74) is 4.70. The summed E-state index contributed by atoms with van der Waals surface area (Å²) in [7, 11) is -0.583. The van der Waals surface area contributed by atoms with Crippen molar-refractivity contribution in [3.05, 3.63) is 54.1 Å². The van der Waals surface area contributed by atoms with E-state index in [1.807, 2.05) is 6.92 Å². The summed E-state index contributed by atoms with van der Waals surface area (Å²) in [6.45, 7) is 24.3. The standard InChI is InChI=1S/C44H66N2O3S.C3H6/c1-40(2)34(31-9-11-32(12-10-31)39(47)48)17-20-41(3)37(40)18-21-43(5)38(41)16-15-35-36-8-6-19-44(36,23-22-42(35,43)4)30-46(33-13-14-33)25-7-24-45-26-28-50(49)29-27-45;1-3-2/h9-12,17,33,35-38H,6-8,13-16,18-30H2,1-5H3,(H,47,48);3H,1H2,2H3/t35?,36?,37?,38?,41?,42-,43?,44?;/m1./s1. The third-order valence-corrected chi connectivity index (χ3v) is 18.6. The zero-order chi connectivity index (χ0) is 37.8. The lowest BCUT2D eigenvalue weighted by Gasteiger charge is -2.72. The second kappa shape index (κ2) is 15.0. The maximum absolute atomic E-state index is 11.9. The van der Waals surface area contributed by atoms with Crippen molar-refractivity contribution < 1.29 is 14.1 Å². The fraction of sp³-hybridized carbons (Fsp3) is 0.766. The summed E-state index contributed by atoms with van der Waals surface area (Å²) in [5.74, 6) is 4.05. The Hall–Kier alpha value is -1.76. The quantitative estimate of drug-likeness (QED) is 0.255. The lowest BCUT2D eigenvalue weighted by molar-refractivity contribution is -0.224. The first-order chi connectivity index (χ1) is 25.2. The highest BCUT2D eigenvalue weighted by molar-refractivity contribution is 7.85. The summed E-state index contributed by atoms with van der Waals surface area (Å²) >= 11 is 0. The molecule has 1 aromatic carbocycles. The van der Waals surface area contributed by atoms with Crippen LogP contribution in [0.15, 0.2) is 43.0 Å². The molecule has 1 heterocycles. The van der Waals surface area contributed by atoms with Crippen molar-refractivity contribution in [1.82, 2.24) is 9.80 Å². The molecule has 0 amide bonds. The van der Waals surface area contributed by atoms with Crippen LogP contribution in [0.1, 0.15) is 141 Å². The number of hydrogen-bond donors (Lipinski definition) is 1. The van der Waals surface area contributed by atoms with Crippen LogP contribution in [0.4, 0.5) is 0 Å². The predicted octanol–water partition coefficient (Wildman–Crippen LogP) is 10.3. The van der Waals surface area contributed by atoms with Gasteiger partial charge in [-0.05, 0) is 171 Å². The van der Waals surface area contributed by atoms with Gasteiger partial charge in [-0.15, -0.1) is 6.58 Å². The van der Waals surface area contributed by atoms with Crippen LogP contribution in [0.3, 0.4) is 0 Å². The molecule has 0 bridgehead atoms. The maximum atomic E-state index is 11.9. The Bertz CT molecular complexity index is 1560. The van der Waals surface area contributed by atoms with E-state index in [9.17, 15) is 14.1 Å². The summed E-state index contributed by atoms with van der Waals surface area (Å²) in [5, 5.41) is 9.49. The van der Waals surface area contributed by atoms with Gasteiger partial charge in [0.05, 0.1) is 5.56 Å². The largest absolute Gasteiger partial charge is 0.478 e. The summed E-state index contributed by atoms with van der Waals surface area (Å²) in [4.78, 5) is 17.1. The van der Waals surface area contributed by atoms with Crippen molar-refractivity contribution in [2.75, 3.05) is 44.2 Å². The lowest BCUT2D eigenvalue weighted by Crippen LogP contribution is -2.65. The average Bonchev–Trinajstić information content (AvgIpc) is 3.88. The molecule has 0 spiro atoms. The van der Waals surface area contributed by atoms with Crippen molar-refractivity contribution >= 4 is 22.3 Å². The number of aromatic carboxylic acids is 1. The minimum atomic E-state index is -0.848. The molecule has 6 fully saturated rings. The van der Waals surface area contributed by atoms with Gasteiger partial charge in [0, 0.05) is 48.0 Å². The average molecular weight is 745 g/mol. The molecule has 1 N–H and O–H groups in total.